The van der Waals surface area contributed by atoms with Gasteiger partial charge in [0, 0.05) is 18.6 Å². The Bertz CT molecular complexity index is 614. The predicted octanol–water partition coefficient (Wildman–Crippen LogP) is 1.66. The van der Waals surface area contributed by atoms with Gasteiger partial charge in [0.05, 0.1) is 12.5 Å². The second-order valence-corrected chi connectivity index (χ2v) is 3.67. The largest absolute Gasteiger partial charge is 0.354 e. The van der Waals surface area contributed by atoms with Gasteiger partial charge in [0.15, 0.2) is 0 Å². The molecule has 1 aromatic heterocycles. The molecule has 0 aliphatic rings. The highest BCUT2D eigenvalue weighted by atomic mass is 16.1. The summed E-state index contributed by atoms with van der Waals surface area (Å²) in [7, 11) is 1.57. The second kappa shape index (κ2) is 4.62. The van der Waals surface area contributed by atoms with Gasteiger partial charge in [-0.2, -0.15) is 5.26 Å². The molecule has 0 fully saturated rings. The number of benzene rings is 1. The molecule has 1 aromatic carbocycles. The molecule has 4 nitrogen and oxygen atoms in total. The normalized spacial score (nSPS) is 9.88. The van der Waals surface area contributed by atoms with Crippen LogP contribution in [-0.4, -0.2) is 17.9 Å². The highest BCUT2D eigenvalue weighted by Gasteiger charge is 2.05. The SMILES string of the molecule is CNC(=O)c1cc2ccc(CC#N)cc2cn1. The summed E-state index contributed by atoms with van der Waals surface area (Å²) < 4.78 is 0. The fourth-order valence-electron chi connectivity index (χ4n) is 1.64. The predicted molar refractivity (Wildman–Crippen MR) is 64.5 cm³/mol. The van der Waals surface area contributed by atoms with Crippen LogP contribution in [0.3, 0.4) is 0 Å². The molecule has 0 saturated carbocycles. The molecule has 2 aromatic rings. The number of nitrogens with one attached hydrogen (secondary N) is 1. The number of pyridine rings is 1. The van der Waals surface area contributed by atoms with E-state index in [0.717, 1.165) is 16.3 Å². The van der Waals surface area contributed by atoms with Crippen molar-refractivity contribution in [2.24, 2.45) is 0 Å². The molecule has 4 heteroatoms. The van der Waals surface area contributed by atoms with Crippen molar-refractivity contribution in [3.63, 3.8) is 0 Å². The van der Waals surface area contributed by atoms with Crippen LogP contribution in [0.15, 0.2) is 30.5 Å². The maximum absolute atomic E-state index is 11.4. The van der Waals surface area contributed by atoms with Gasteiger partial charge in [-0.05, 0) is 23.1 Å². The number of hydrogen-bond acceptors (Lipinski definition) is 3. The van der Waals surface area contributed by atoms with Crippen LogP contribution in [0, 0.1) is 11.3 Å². The van der Waals surface area contributed by atoms with Crippen LogP contribution in [0.25, 0.3) is 10.8 Å². The van der Waals surface area contributed by atoms with E-state index in [9.17, 15) is 4.79 Å². The van der Waals surface area contributed by atoms with E-state index in [0.29, 0.717) is 12.1 Å². The number of fused-ring (bicyclic) bond motifs is 1. The average molecular weight is 225 g/mol. The van der Waals surface area contributed by atoms with Crippen LogP contribution in [-0.2, 0) is 6.42 Å². The zero-order valence-electron chi connectivity index (χ0n) is 9.40. The van der Waals surface area contributed by atoms with Gasteiger partial charge >= 0.3 is 0 Å². The minimum absolute atomic E-state index is 0.201. The fourth-order valence-corrected chi connectivity index (χ4v) is 1.64. The maximum atomic E-state index is 11.4. The number of carbonyl (C=O) groups is 1. The third kappa shape index (κ3) is 2.23. The number of hydrogen-bond donors (Lipinski definition) is 1. The summed E-state index contributed by atoms with van der Waals surface area (Å²) in [6.45, 7) is 0. The molecule has 17 heavy (non-hydrogen) atoms. The molecule has 0 spiro atoms. The topological polar surface area (TPSA) is 65.8 Å². The van der Waals surface area contributed by atoms with E-state index in [1.807, 2.05) is 18.2 Å². The Hall–Kier alpha value is -2.41. The summed E-state index contributed by atoms with van der Waals surface area (Å²) in [5.41, 5.74) is 1.35. The first-order chi connectivity index (χ1) is 8.24. The fraction of sp³-hybridized carbons (Fsp3) is 0.154. The molecule has 84 valence electrons. The summed E-state index contributed by atoms with van der Waals surface area (Å²) in [6, 6.07) is 9.55. The van der Waals surface area contributed by atoms with E-state index >= 15 is 0 Å². The summed E-state index contributed by atoms with van der Waals surface area (Å²) in [5, 5.41) is 13.0. The van der Waals surface area contributed by atoms with E-state index in [-0.39, 0.29) is 5.91 Å². The molecule has 0 radical (unpaired) electrons. The molecule has 0 aliphatic carbocycles. The third-order valence-corrected chi connectivity index (χ3v) is 2.53. The summed E-state index contributed by atoms with van der Waals surface area (Å²) >= 11 is 0. The quantitative estimate of drug-likeness (QED) is 0.845. The monoisotopic (exact) mass is 225 g/mol. The highest BCUT2D eigenvalue weighted by molar-refractivity contribution is 5.96. The molecule has 0 aliphatic heterocycles. The lowest BCUT2D eigenvalue weighted by molar-refractivity contribution is 0.0958. The van der Waals surface area contributed by atoms with Gasteiger partial charge < -0.3 is 5.32 Å². The highest BCUT2D eigenvalue weighted by Crippen LogP contribution is 2.16. The van der Waals surface area contributed by atoms with Crippen molar-refractivity contribution in [2.75, 3.05) is 7.05 Å². The van der Waals surface area contributed by atoms with Crippen molar-refractivity contribution in [2.45, 2.75) is 6.42 Å². The van der Waals surface area contributed by atoms with Crippen LogP contribution in [0.4, 0.5) is 0 Å². The van der Waals surface area contributed by atoms with E-state index in [4.69, 9.17) is 5.26 Å². The lowest BCUT2D eigenvalue weighted by Gasteiger charge is -2.03. The Kier molecular flexibility index (Phi) is 3.01. The van der Waals surface area contributed by atoms with Gasteiger partial charge in [-0.3, -0.25) is 9.78 Å². The van der Waals surface area contributed by atoms with Crippen molar-refractivity contribution >= 4 is 16.7 Å². The number of rotatable bonds is 2. The van der Waals surface area contributed by atoms with E-state index < -0.39 is 0 Å². The zero-order chi connectivity index (χ0) is 12.3. The maximum Gasteiger partial charge on any atom is 0.269 e. The molecule has 1 amide bonds. The van der Waals surface area contributed by atoms with Gasteiger partial charge in [0.25, 0.3) is 5.91 Å². The van der Waals surface area contributed by atoms with E-state index in [2.05, 4.69) is 16.4 Å². The Morgan fingerprint density at radius 3 is 2.94 bits per heavy atom. The van der Waals surface area contributed by atoms with E-state index in [1.165, 1.54) is 0 Å². The molecule has 1 N–H and O–H groups in total. The second-order valence-electron chi connectivity index (χ2n) is 3.67. The third-order valence-electron chi connectivity index (χ3n) is 2.53. The van der Waals surface area contributed by atoms with Crippen molar-refractivity contribution in [1.82, 2.24) is 10.3 Å². The minimum Gasteiger partial charge on any atom is -0.354 e. The Labute approximate surface area is 98.9 Å². The molecule has 0 atom stereocenters. The van der Waals surface area contributed by atoms with Crippen LogP contribution in [0.5, 0.6) is 0 Å². The number of nitriles is 1. The van der Waals surface area contributed by atoms with Crippen molar-refractivity contribution in [1.29, 1.82) is 5.26 Å². The van der Waals surface area contributed by atoms with Gasteiger partial charge in [0.2, 0.25) is 0 Å². The van der Waals surface area contributed by atoms with Crippen LogP contribution < -0.4 is 5.32 Å². The number of carbonyl (C=O) groups excluding carboxylic acids is 1. The first-order valence-electron chi connectivity index (χ1n) is 5.22. The summed E-state index contributed by atoms with van der Waals surface area (Å²) in [4.78, 5) is 15.5. The zero-order valence-corrected chi connectivity index (χ0v) is 9.40. The standard InChI is InChI=1S/C13H11N3O/c1-15-13(17)12-7-10-3-2-9(4-5-14)6-11(10)8-16-12/h2-3,6-8H,4H2,1H3,(H,15,17). The molecular weight excluding hydrogens is 214 g/mol. The summed E-state index contributed by atoms with van der Waals surface area (Å²) in [6.07, 6.45) is 2.04. The van der Waals surface area contributed by atoms with Gasteiger partial charge in [-0.15, -0.1) is 0 Å². The molecule has 0 bridgehead atoms. The van der Waals surface area contributed by atoms with Gasteiger partial charge in [0.1, 0.15) is 5.69 Å². The lowest BCUT2D eigenvalue weighted by Crippen LogP contribution is -2.18. The van der Waals surface area contributed by atoms with Crippen molar-refractivity contribution < 1.29 is 4.79 Å². The Morgan fingerprint density at radius 1 is 1.41 bits per heavy atom. The summed E-state index contributed by atoms with van der Waals surface area (Å²) in [5.74, 6) is -0.201. The molecule has 1 heterocycles. The molecule has 0 saturated heterocycles. The van der Waals surface area contributed by atoms with Crippen molar-refractivity contribution in [3.05, 3.63) is 41.7 Å². The van der Waals surface area contributed by atoms with Gasteiger partial charge in [-0.25, -0.2) is 0 Å². The van der Waals surface area contributed by atoms with Crippen LogP contribution in [0.1, 0.15) is 16.1 Å². The van der Waals surface area contributed by atoms with E-state index in [1.54, 1.807) is 19.3 Å². The lowest BCUT2D eigenvalue weighted by atomic mass is 10.1. The minimum atomic E-state index is -0.201. The number of nitrogens with zero attached hydrogens (tertiary/aromatic N) is 2. The van der Waals surface area contributed by atoms with Crippen LogP contribution in [0.2, 0.25) is 0 Å². The Balaban J connectivity index is 2.47. The van der Waals surface area contributed by atoms with Gasteiger partial charge in [-0.1, -0.05) is 12.1 Å². The average Bonchev–Trinajstić information content (AvgIpc) is 2.37. The first-order valence-corrected chi connectivity index (χ1v) is 5.22. The Morgan fingerprint density at radius 2 is 2.24 bits per heavy atom. The number of aromatic nitrogens is 1. The van der Waals surface area contributed by atoms with Crippen molar-refractivity contribution in [3.8, 4) is 6.07 Å². The molecule has 2 rings (SSSR count). The molecule has 0 unspecified atom stereocenters. The first kappa shape index (κ1) is 11.1. The number of amides is 1. The molecular formula is C13H11N3O. The van der Waals surface area contributed by atoms with Crippen LogP contribution >= 0.6 is 0 Å². The smallest absolute Gasteiger partial charge is 0.269 e.